The SMILES string of the molecule is CC(N)NC(C)N.N. The summed E-state index contributed by atoms with van der Waals surface area (Å²) in [6.45, 7) is 3.70. The molecule has 0 amide bonds. The van der Waals surface area contributed by atoms with Crippen molar-refractivity contribution < 1.29 is 0 Å². The van der Waals surface area contributed by atoms with Crippen LogP contribution in [-0.4, -0.2) is 12.3 Å². The first-order valence-electron chi connectivity index (χ1n) is 2.40. The van der Waals surface area contributed by atoms with Crippen molar-refractivity contribution in [1.82, 2.24) is 11.5 Å². The van der Waals surface area contributed by atoms with Crippen LogP contribution < -0.4 is 22.9 Å². The van der Waals surface area contributed by atoms with E-state index in [1.807, 2.05) is 13.8 Å². The normalized spacial score (nSPS) is 16.5. The van der Waals surface area contributed by atoms with Gasteiger partial charge in [-0.25, -0.2) is 0 Å². The highest BCUT2D eigenvalue weighted by atomic mass is 15.1. The van der Waals surface area contributed by atoms with Crippen molar-refractivity contribution in [3.63, 3.8) is 0 Å². The standard InChI is InChI=1S/C4H13N3.H3N/c1-3(5)7-4(2)6;/h3-4,7H,5-6H2,1-2H3;1H3. The summed E-state index contributed by atoms with van der Waals surface area (Å²) < 4.78 is 0. The monoisotopic (exact) mass is 120 g/mol. The Morgan fingerprint density at radius 3 is 1.38 bits per heavy atom. The van der Waals surface area contributed by atoms with E-state index in [2.05, 4.69) is 5.32 Å². The Morgan fingerprint density at radius 1 is 1.12 bits per heavy atom. The van der Waals surface area contributed by atoms with Crippen molar-refractivity contribution in [1.29, 1.82) is 0 Å². The molecule has 4 heteroatoms. The summed E-state index contributed by atoms with van der Waals surface area (Å²) in [6, 6.07) is 0. The molecule has 0 saturated carbocycles. The van der Waals surface area contributed by atoms with Gasteiger partial charge >= 0.3 is 0 Å². The lowest BCUT2D eigenvalue weighted by molar-refractivity contribution is 0.488. The molecule has 0 aromatic rings. The number of rotatable bonds is 2. The molecule has 0 aromatic carbocycles. The van der Waals surface area contributed by atoms with Gasteiger partial charge in [0, 0.05) is 0 Å². The predicted octanol–water partition coefficient (Wildman–Crippen LogP) is -0.653. The van der Waals surface area contributed by atoms with Gasteiger partial charge < -0.3 is 17.6 Å². The molecule has 0 aliphatic carbocycles. The lowest BCUT2D eigenvalue weighted by Gasteiger charge is -2.10. The highest BCUT2D eigenvalue weighted by molar-refractivity contribution is 4.52. The van der Waals surface area contributed by atoms with Crippen molar-refractivity contribution in [2.24, 2.45) is 11.5 Å². The van der Waals surface area contributed by atoms with Crippen molar-refractivity contribution in [2.45, 2.75) is 26.2 Å². The first kappa shape index (κ1) is 10.8. The fraction of sp³-hybridized carbons (Fsp3) is 1.00. The maximum absolute atomic E-state index is 5.30. The van der Waals surface area contributed by atoms with Gasteiger partial charge in [-0.05, 0) is 13.8 Å². The third kappa shape index (κ3) is 9.28. The van der Waals surface area contributed by atoms with E-state index in [9.17, 15) is 0 Å². The van der Waals surface area contributed by atoms with Crippen molar-refractivity contribution >= 4 is 0 Å². The van der Waals surface area contributed by atoms with Crippen LogP contribution in [0.5, 0.6) is 0 Å². The van der Waals surface area contributed by atoms with Crippen LogP contribution >= 0.6 is 0 Å². The Labute approximate surface area is 50.2 Å². The topological polar surface area (TPSA) is 99.1 Å². The smallest absolute Gasteiger partial charge is 0.0529 e. The molecule has 0 saturated heterocycles. The highest BCUT2D eigenvalue weighted by Gasteiger charge is 1.92. The molecule has 52 valence electrons. The van der Waals surface area contributed by atoms with Crippen molar-refractivity contribution in [2.75, 3.05) is 0 Å². The van der Waals surface area contributed by atoms with Gasteiger partial charge in [0.05, 0.1) is 12.3 Å². The van der Waals surface area contributed by atoms with Crippen LogP contribution in [0.4, 0.5) is 0 Å². The summed E-state index contributed by atoms with van der Waals surface area (Å²) in [5.74, 6) is 0. The fourth-order valence-corrected chi connectivity index (χ4v) is 0.415. The van der Waals surface area contributed by atoms with E-state index in [4.69, 9.17) is 11.5 Å². The fourth-order valence-electron chi connectivity index (χ4n) is 0.415. The summed E-state index contributed by atoms with van der Waals surface area (Å²) in [7, 11) is 0. The minimum absolute atomic E-state index is 0. The first-order valence-corrected chi connectivity index (χ1v) is 2.40. The molecule has 0 spiro atoms. The molecule has 0 radical (unpaired) electrons. The molecule has 0 rings (SSSR count). The van der Waals surface area contributed by atoms with Crippen LogP contribution in [0.2, 0.25) is 0 Å². The number of hydrogen-bond acceptors (Lipinski definition) is 4. The zero-order chi connectivity index (χ0) is 5.86. The Morgan fingerprint density at radius 2 is 1.38 bits per heavy atom. The summed E-state index contributed by atoms with van der Waals surface area (Å²) >= 11 is 0. The summed E-state index contributed by atoms with van der Waals surface area (Å²) in [4.78, 5) is 0. The molecule has 2 unspecified atom stereocenters. The Bertz CT molecular complexity index is 37.3. The highest BCUT2D eigenvalue weighted by Crippen LogP contribution is 1.67. The van der Waals surface area contributed by atoms with Gasteiger partial charge in [0.25, 0.3) is 0 Å². The molecular formula is C4H16N4. The first-order chi connectivity index (χ1) is 3.13. The lowest BCUT2D eigenvalue weighted by atomic mass is 10.5. The van der Waals surface area contributed by atoms with E-state index in [1.54, 1.807) is 0 Å². The van der Waals surface area contributed by atoms with Crippen LogP contribution in [0.3, 0.4) is 0 Å². The van der Waals surface area contributed by atoms with Crippen LogP contribution in [0, 0.1) is 0 Å². The minimum Gasteiger partial charge on any atom is -0.344 e. The number of hydrogen-bond donors (Lipinski definition) is 4. The third-order valence-electron chi connectivity index (χ3n) is 0.526. The molecule has 2 atom stereocenters. The molecule has 8 heavy (non-hydrogen) atoms. The largest absolute Gasteiger partial charge is 0.344 e. The second-order valence-electron chi connectivity index (χ2n) is 1.74. The lowest BCUT2D eigenvalue weighted by Crippen LogP contribution is -2.44. The van der Waals surface area contributed by atoms with Gasteiger partial charge in [-0.15, -0.1) is 0 Å². The average molecular weight is 120 g/mol. The van der Waals surface area contributed by atoms with Gasteiger partial charge in [-0.3, -0.25) is 5.32 Å². The van der Waals surface area contributed by atoms with Crippen LogP contribution in [0.1, 0.15) is 13.8 Å². The molecule has 0 aliphatic rings. The van der Waals surface area contributed by atoms with Gasteiger partial charge in [-0.1, -0.05) is 0 Å². The average Bonchev–Trinajstić information content (AvgIpc) is 1.27. The van der Waals surface area contributed by atoms with E-state index in [-0.39, 0.29) is 18.5 Å². The minimum atomic E-state index is -0.000000000000000444. The van der Waals surface area contributed by atoms with Crippen LogP contribution in [-0.2, 0) is 0 Å². The van der Waals surface area contributed by atoms with E-state index in [0.717, 1.165) is 0 Å². The summed E-state index contributed by atoms with van der Waals surface area (Å²) in [5, 5.41) is 2.86. The van der Waals surface area contributed by atoms with Crippen LogP contribution in [0.25, 0.3) is 0 Å². The van der Waals surface area contributed by atoms with E-state index < -0.39 is 0 Å². The second-order valence-corrected chi connectivity index (χ2v) is 1.74. The predicted molar refractivity (Wildman–Crippen MR) is 35.5 cm³/mol. The third-order valence-corrected chi connectivity index (χ3v) is 0.526. The molecule has 0 fully saturated rings. The van der Waals surface area contributed by atoms with Crippen molar-refractivity contribution in [3.8, 4) is 0 Å². The molecule has 0 bridgehead atoms. The summed E-state index contributed by atoms with van der Waals surface area (Å²) in [6.07, 6.45) is -0.000000000000000666. The molecule has 8 N–H and O–H groups in total. The van der Waals surface area contributed by atoms with Gasteiger partial charge in [0.1, 0.15) is 0 Å². The quantitative estimate of drug-likeness (QED) is 0.364. The number of nitrogens with two attached hydrogens (primary N) is 2. The Kier molecular flexibility index (Phi) is 6.70. The molecule has 4 nitrogen and oxygen atoms in total. The zero-order valence-electron chi connectivity index (χ0n) is 5.52. The maximum atomic E-state index is 5.30. The molecule has 0 aromatic heterocycles. The van der Waals surface area contributed by atoms with Gasteiger partial charge in [-0.2, -0.15) is 0 Å². The van der Waals surface area contributed by atoms with E-state index in [0.29, 0.717) is 0 Å². The van der Waals surface area contributed by atoms with E-state index >= 15 is 0 Å². The van der Waals surface area contributed by atoms with E-state index in [1.165, 1.54) is 0 Å². The molecular weight excluding hydrogens is 104 g/mol. The van der Waals surface area contributed by atoms with Crippen molar-refractivity contribution in [3.05, 3.63) is 0 Å². The van der Waals surface area contributed by atoms with Crippen LogP contribution in [0.15, 0.2) is 0 Å². The maximum Gasteiger partial charge on any atom is 0.0529 e. The zero-order valence-corrected chi connectivity index (χ0v) is 5.52. The summed E-state index contributed by atoms with van der Waals surface area (Å²) in [5.41, 5.74) is 10.6. The number of nitrogens with one attached hydrogen (secondary N) is 1. The van der Waals surface area contributed by atoms with Gasteiger partial charge in [0.15, 0.2) is 0 Å². The Balaban J connectivity index is 0. The second kappa shape index (κ2) is 4.99. The Hall–Kier alpha value is -0.160. The molecule has 0 heterocycles. The van der Waals surface area contributed by atoms with Gasteiger partial charge in [0.2, 0.25) is 0 Å². The molecule has 0 aliphatic heterocycles.